The molecule has 1 aromatic heterocycles. The predicted molar refractivity (Wildman–Crippen MR) is 137 cm³/mol. The average molecular weight is 523 g/mol. The minimum atomic E-state index is -0.725. The standard InChI is InChI=1S/C28H28ClFN4O3/c29-22-3-2-20(26(35)32-19-9-28(10-19)7-18(8-28)27(36)37)25-21(22)11-31-34(25)12-15-1-4-24(23(30)5-15)33-13-16-6-17(16)14-33/h1-5,11,16-19H,6-10,12-14H2,(H,32,35)(H,36,37)/t16-,17+,18?,19?,28?. The summed E-state index contributed by atoms with van der Waals surface area (Å²) in [5, 5.41) is 17.9. The summed E-state index contributed by atoms with van der Waals surface area (Å²) in [6.07, 6.45) is 5.93. The van der Waals surface area contributed by atoms with Crippen molar-refractivity contribution in [3.05, 3.63) is 58.5 Å². The largest absolute Gasteiger partial charge is 0.481 e. The van der Waals surface area contributed by atoms with E-state index in [-0.39, 0.29) is 29.1 Å². The third kappa shape index (κ3) is 3.88. The summed E-state index contributed by atoms with van der Waals surface area (Å²) >= 11 is 6.43. The maximum Gasteiger partial charge on any atom is 0.306 e. The predicted octanol–water partition coefficient (Wildman–Crippen LogP) is 4.71. The lowest BCUT2D eigenvalue weighted by molar-refractivity contribution is -0.155. The van der Waals surface area contributed by atoms with Gasteiger partial charge in [-0.25, -0.2) is 4.39 Å². The van der Waals surface area contributed by atoms with Crippen molar-refractivity contribution in [3.8, 4) is 0 Å². The zero-order chi connectivity index (χ0) is 25.5. The van der Waals surface area contributed by atoms with Crippen LogP contribution in [0.1, 0.15) is 48.0 Å². The van der Waals surface area contributed by atoms with Gasteiger partial charge in [0.1, 0.15) is 5.82 Å². The van der Waals surface area contributed by atoms with E-state index in [9.17, 15) is 9.59 Å². The zero-order valence-corrected chi connectivity index (χ0v) is 21.0. The van der Waals surface area contributed by atoms with Crippen LogP contribution in [-0.4, -0.2) is 45.9 Å². The molecule has 0 radical (unpaired) electrons. The lowest BCUT2D eigenvalue weighted by Gasteiger charge is -2.56. The lowest BCUT2D eigenvalue weighted by atomic mass is 9.50. The summed E-state index contributed by atoms with van der Waals surface area (Å²) < 4.78 is 16.7. The second kappa shape index (κ2) is 8.18. The van der Waals surface area contributed by atoms with Crippen molar-refractivity contribution in [3.63, 3.8) is 0 Å². The first-order valence-electron chi connectivity index (χ1n) is 13.0. The molecular weight excluding hydrogens is 495 g/mol. The number of benzene rings is 2. The Morgan fingerprint density at radius 2 is 1.89 bits per heavy atom. The number of anilines is 1. The maximum absolute atomic E-state index is 15.0. The number of nitrogens with one attached hydrogen (secondary N) is 1. The summed E-state index contributed by atoms with van der Waals surface area (Å²) in [6.45, 7) is 2.18. The van der Waals surface area contributed by atoms with Crippen molar-refractivity contribution in [2.75, 3.05) is 18.0 Å². The number of hydrogen-bond acceptors (Lipinski definition) is 4. The average Bonchev–Trinajstić information content (AvgIpc) is 3.19. The van der Waals surface area contributed by atoms with Gasteiger partial charge >= 0.3 is 5.97 Å². The molecule has 192 valence electrons. The molecule has 3 saturated carbocycles. The van der Waals surface area contributed by atoms with Crippen LogP contribution >= 0.6 is 11.6 Å². The third-order valence-electron chi connectivity index (χ3n) is 9.06. The number of halogens is 2. The summed E-state index contributed by atoms with van der Waals surface area (Å²) in [5.41, 5.74) is 2.59. The van der Waals surface area contributed by atoms with Crippen LogP contribution < -0.4 is 10.2 Å². The van der Waals surface area contributed by atoms with Gasteiger partial charge in [-0.05, 0) is 79.2 Å². The highest BCUT2D eigenvalue weighted by Gasteiger charge is 2.55. The van der Waals surface area contributed by atoms with Gasteiger partial charge in [0.15, 0.2) is 0 Å². The first-order chi connectivity index (χ1) is 17.8. The van der Waals surface area contributed by atoms with Gasteiger partial charge in [-0.1, -0.05) is 17.7 Å². The summed E-state index contributed by atoms with van der Waals surface area (Å²) in [5.74, 6) is 0.0471. The number of aliphatic carboxylic acids is 1. The Balaban J connectivity index is 1.09. The van der Waals surface area contributed by atoms with E-state index in [1.165, 1.54) is 6.42 Å². The molecule has 2 atom stereocenters. The first kappa shape index (κ1) is 23.0. The van der Waals surface area contributed by atoms with Crippen LogP contribution in [0, 0.1) is 29.0 Å². The van der Waals surface area contributed by atoms with Crippen LogP contribution in [0.5, 0.6) is 0 Å². The molecular formula is C28H28ClFN4O3. The molecule has 2 heterocycles. The van der Waals surface area contributed by atoms with Crippen LogP contribution in [-0.2, 0) is 11.3 Å². The molecule has 4 fully saturated rings. The number of aromatic nitrogens is 2. The molecule has 1 spiro atoms. The van der Waals surface area contributed by atoms with Crippen LogP contribution in [0.15, 0.2) is 36.5 Å². The molecule has 0 bridgehead atoms. The van der Waals surface area contributed by atoms with Gasteiger partial charge in [-0.2, -0.15) is 5.10 Å². The number of carboxylic acids is 1. The van der Waals surface area contributed by atoms with Crippen LogP contribution in [0.2, 0.25) is 5.02 Å². The number of hydrogen-bond donors (Lipinski definition) is 2. The Bertz CT molecular complexity index is 1430. The minimum Gasteiger partial charge on any atom is -0.481 e. The Kier molecular flexibility index (Phi) is 5.09. The number of amides is 1. The van der Waals surface area contributed by atoms with Gasteiger partial charge in [-0.3, -0.25) is 14.3 Å². The number of rotatable bonds is 6. The smallest absolute Gasteiger partial charge is 0.306 e. The van der Waals surface area contributed by atoms with Crippen molar-refractivity contribution < 1.29 is 19.1 Å². The van der Waals surface area contributed by atoms with Crippen LogP contribution in [0.25, 0.3) is 10.9 Å². The summed E-state index contributed by atoms with van der Waals surface area (Å²) in [7, 11) is 0. The number of piperidine rings is 1. The summed E-state index contributed by atoms with van der Waals surface area (Å²) in [4.78, 5) is 26.6. The number of fused-ring (bicyclic) bond motifs is 2. The molecule has 2 aromatic carbocycles. The Labute approximate surface area is 218 Å². The van der Waals surface area contributed by atoms with E-state index in [1.54, 1.807) is 29.1 Å². The SMILES string of the molecule is O=C(NC1CC2(C1)CC(C(=O)O)C2)c1ccc(Cl)c2cnn(Cc3ccc(N4C[C@H]5C[C@H]5C4)c(F)c3)c12. The van der Waals surface area contributed by atoms with Crippen molar-refractivity contribution in [1.29, 1.82) is 0 Å². The fourth-order valence-electron chi connectivity index (χ4n) is 6.99. The van der Waals surface area contributed by atoms with Gasteiger partial charge in [0.2, 0.25) is 0 Å². The lowest BCUT2D eigenvalue weighted by Crippen LogP contribution is -2.57. The fraction of sp³-hybridized carbons (Fsp3) is 0.464. The van der Waals surface area contributed by atoms with Crippen LogP contribution in [0.4, 0.5) is 10.1 Å². The fourth-order valence-corrected chi connectivity index (χ4v) is 7.19. The molecule has 3 aromatic rings. The Morgan fingerprint density at radius 1 is 1.14 bits per heavy atom. The highest BCUT2D eigenvalue weighted by atomic mass is 35.5. The minimum absolute atomic E-state index is 0.0302. The number of carbonyl (C=O) groups excluding carboxylic acids is 1. The normalized spacial score (nSPS) is 29.6. The molecule has 0 unspecified atom stereocenters. The third-order valence-corrected chi connectivity index (χ3v) is 9.39. The Morgan fingerprint density at radius 3 is 2.59 bits per heavy atom. The molecule has 3 aliphatic carbocycles. The highest BCUT2D eigenvalue weighted by Crippen LogP contribution is 2.58. The van der Waals surface area contributed by atoms with Crippen molar-refractivity contribution in [2.24, 2.45) is 23.2 Å². The van der Waals surface area contributed by atoms with E-state index in [1.807, 2.05) is 12.1 Å². The maximum atomic E-state index is 15.0. The molecule has 2 N–H and O–H groups in total. The monoisotopic (exact) mass is 522 g/mol. The number of carbonyl (C=O) groups is 2. The molecule has 9 heteroatoms. The number of carboxylic acid groups (broad SMARTS) is 1. The van der Waals surface area contributed by atoms with E-state index in [0.29, 0.717) is 46.6 Å². The molecule has 7 nitrogen and oxygen atoms in total. The van der Waals surface area contributed by atoms with Gasteiger partial charge in [0, 0.05) is 24.5 Å². The van der Waals surface area contributed by atoms with E-state index >= 15 is 4.39 Å². The molecule has 1 aliphatic heterocycles. The second-order valence-corrected chi connectivity index (χ2v) is 12.0. The molecule has 7 rings (SSSR count). The highest BCUT2D eigenvalue weighted by molar-refractivity contribution is 6.36. The zero-order valence-electron chi connectivity index (χ0n) is 20.3. The van der Waals surface area contributed by atoms with E-state index in [2.05, 4.69) is 15.3 Å². The quantitative estimate of drug-likeness (QED) is 0.490. The molecule has 37 heavy (non-hydrogen) atoms. The van der Waals surface area contributed by atoms with Gasteiger partial charge in [-0.15, -0.1) is 0 Å². The van der Waals surface area contributed by atoms with E-state index in [0.717, 1.165) is 43.3 Å². The first-order valence-corrected chi connectivity index (χ1v) is 13.4. The van der Waals surface area contributed by atoms with Crippen molar-refractivity contribution in [2.45, 2.75) is 44.7 Å². The van der Waals surface area contributed by atoms with Crippen LogP contribution in [0.3, 0.4) is 0 Å². The van der Waals surface area contributed by atoms with E-state index in [4.69, 9.17) is 16.7 Å². The van der Waals surface area contributed by atoms with Crippen molar-refractivity contribution >= 4 is 40.1 Å². The molecule has 1 amide bonds. The van der Waals surface area contributed by atoms with E-state index < -0.39 is 5.97 Å². The molecule has 4 aliphatic rings. The number of nitrogens with zero attached hydrogens (tertiary/aromatic N) is 3. The Hall–Kier alpha value is -3.13. The van der Waals surface area contributed by atoms with Gasteiger partial charge in [0.05, 0.1) is 40.4 Å². The molecule has 1 saturated heterocycles. The van der Waals surface area contributed by atoms with Crippen molar-refractivity contribution in [1.82, 2.24) is 15.1 Å². The van der Waals surface area contributed by atoms with Gasteiger partial charge < -0.3 is 15.3 Å². The topological polar surface area (TPSA) is 87.5 Å². The second-order valence-electron chi connectivity index (χ2n) is 11.6. The summed E-state index contributed by atoms with van der Waals surface area (Å²) in [6, 6.07) is 8.78. The van der Waals surface area contributed by atoms with Gasteiger partial charge in [0.25, 0.3) is 5.91 Å².